The van der Waals surface area contributed by atoms with Crippen molar-refractivity contribution in [1.82, 2.24) is 9.55 Å². The fourth-order valence-corrected chi connectivity index (χ4v) is 4.58. The van der Waals surface area contributed by atoms with E-state index >= 15 is 0 Å². The smallest absolute Gasteiger partial charge is 0.250 e. The molecule has 1 aromatic heterocycles. The molecular formula is C22H30N4O2S. The first-order chi connectivity index (χ1) is 13.5. The number of aryl methyl sites for hydroxylation is 1. The lowest BCUT2D eigenvalue weighted by Crippen LogP contribution is -2.60. The number of carbonyl (C=O) groups is 2. The molecule has 3 rings (SSSR count). The Hall–Kier alpha value is -2.28. The van der Waals surface area contributed by atoms with E-state index in [2.05, 4.69) is 30.7 Å². The molecule has 1 N–H and O–H groups in total. The maximum absolute atomic E-state index is 13.5. The van der Waals surface area contributed by atoms with Gasteiger partial charge in [0.25, 0.3) is 0 Å². The number of rotatable bonds is 5. The largest absolute Gasteiger partial charge is 0.323 e. The lowest BCUT2D eigenvalue weighted by atomic mass is 9.96. The number of nitrogens with zero attached hydrogens (tertiary/aromatic N) is 3. The van der Waals surface area contributed by atoms with E-state index in [-0.39, 0.29) is 17.1 Å². The normalized spacial score (nSPS) is 16.6. The number of nitrogens with one attached hydrogen (secondary N) is 1. The fourth-order valence-electron chi connectivity index (χ4n) is 3.53. The summed E-state index contributed by atoms with van der Waals surface area (Å²) in [6, 6.07) is 7.43. The van der Waals surface area contributed by atoms with E-state index in [0.29, 0.717) is 11.6 Å². The Morgan fingerprint density at radius 3 is 2.52 bits per heavy atom. The quantitative estimate of drug-likeness (QED) is 0.737. The highest BCUT2D eigenvalue weighted by atomic mass is 32.2. The summed E-state index contributed by atoms with van der Waals surface area (Å²) in [4.78, 5) is 32.5. The van der Waals surface area contributed by atoms with Gasteiger partial charge < -0.3 is 9.88 Å². The van der Waals surface area contributed by atoms with Gasteiger partial charge in [-0.15, -0.1) is 0 Å². The maximum atomic E-state index is 13.5. The molecule has 0 saturated carbocycles. The minimum atomic E-state index is -0.973. The molecule has 7 heteroatoms. The molecule has 1 aromatic carbocycles. The van der Waals surface area contributed by atoms with Gasteiger partial charge in [0.1, 0.15) is 5.54 Å². The van der Waals surface area contributed by atoms with Crippen molar-refractivity contribution in [2.24, 2.45) is 5.92 Å². The first-order valence-corrected chi connectivity index (χ1v) is 10.9. The van der Waals surface area contributed by atoms with Gasteiger partial charge in [0.05, 0.1) is 22.3 Å². The highest BCUT2D eigenvalue weighted by Crippen LogP contribution is 2.38. The summed E-state index contributed by atoms with van der Waals surface area (Å²) in [7, 11) is 0. The monoisotopic (exact) mass is 414 g/mol. The van der Waals surface area contributed by atoms with Crippen molar-refractivity contribution in [3.05, 3.63) is 35.7 Å². The molecule has 0 fully saturated rings. The van der Waals surface area contributed by atoms with Crippen molar-refractivity contribution < 1.29 is 9.59 Å². The summed E-state index contributed by atoms with van der Waals surface area (Å²) in [5, 5.41) is 3.37. The summed E-state index contributed by atoms with van der Waals surface area (Å²) in [5.74, 6) is 0.190. The SMILES string of the molecule is Cc1nc(S[C@H](C)C(=O)N2c3ccccc3NC(=O)C2(C)C)n(CC(C)C)c1C. The molecule has 0 spiro atoms. The van der Waals surface area contributed by atoms with Crippen molar-refractivity contribution in [2.75, 3.05) is 10.2 Å². The van der Waals surface area contributed by atoms with Crippen molar-refractivity contribution in [3.63, 3.8) is 0 Å². The number of hydrogen-bond donors (Lipinski definition) is 1. The van der Waals surface area contributed by atoms with E-state index in [9.17, 15) is 9.59 Å². The minimum Gasteiger partial charge on any atom is -0.323 e. The van der Waals surface area contributed by atoms with Crippen LogP contribution in [0.15, 0.2) is 29.4 Å². The van der Waals surface area contributed by atoms with Gasteiger partial charge in [-0.25, -0.2) is 4.98 Å². The molecule has 0 saturated heterocycles. The zero-order valence-corrected chi connectivity index (χ0v) is 19.1. The lowest BCUT2D eigenvalue weighted by Gasteiger charge is -2.43. The Kier molecular flexibility index (Phi) is 5.81. The lowest BCUT2D eigenvalue weighted by molar-refractivity contribution is -0.126. The Labute approximate surface area is 177 Å². The number of thioether (sulfide) groups is 1. The number of hydrogen-bond acceptors (Lipinski definition) is 4. The van der Waals surface area contributed by atoms with Crippen LogP contribution < -0.4 is 10.2 Å². The summed E-state index contributed by atoms with van der Waals surface area (Å²) >= 11 is 1.45. The molecule has 0 aliphatic carbocycles. The molecule has 29 heavy (non-hydrogen) atoms. The zero-order chi connectivity index (χ0) is 21.5. The highest BCUT2D eigenvalue weighted by Gasteiger charge is 2.45. The van der Waals surface area contributed by atoms with Gasteiger partial charge >= 0.3 is 0 Å². The van der Waals surface area contributed by atoms with E-state index in [4.69, 9.17) is 4.98 Å². The fraction of sp³-hybridized carbons (Fsp3) is 0.500. The van der Waals surface area contributed by atoms with Crippen LogP contribution in [0.25, 0.3) is 0 Å². The van der Waals surface area contributed by atoms with Gasteiger partial charge in [-0.1, -0.05) is 37.7 Å². The molecule has 0 unspecified atom stereocenters. The van der Waals surface area contributed by atoms with E-state index in [1.807, 2.05) is 38.1 Å². The summed E-state index contributed by atoms with van der Waals surface area (Å²) in [6.07, 6.45) is 0. The third-order valence-electron chi connectivity index (χ3n) is 5.33. The van der Waals surface area contributed by atoms with Crippen LogP contribution in [0.5, 0.6) is 0 Å². The van der Waals surface area contributed by atoms with Crippen LogP contribution in [0.1, 0.15) is 46.0 Å². The topological polar surface area (TPSA) is 67.2 Å². The standard InChI is InChI=1S/C22H30N4O2S/c1-13(2)12-25-15(4)14(3)23-21(25)29-16(5)19(27)26-18-11-9-8-10-17(18)24-20(28)22(26,6)7/h8-11,13,16H,12H2,1-7H3,(H,24,28)/t16-/m1/s1. The Morgan fingerprint density at radius 1 is 1.21 bits per heavy atom. The van der Waals surface area contributed by atoms with Crippen LogP contribution in [-0.2, 0) is 16.1 Å². The predicted octanol–water partition coefficient (Wildman–Crippen LogP) is 4.40. The summed E-state index contributed by atoms with van der Waals surface area (Å²) in [5.41, 5.74) is 2.53. The second-order valence-electron chi connectivity index (χ2n) is 8.53. The van der Waals surface area contributed by atoms with Gasteiger partial charge in [0, 0.05) is 12.2 Å². The molecule has 1 atom stereocenters. The number of amides is 2. The number of aromatic nitrogens is 2. The van der Waals surface area contributed by atoms with Crippen LogP contribution >= 0.6 is 11.8 Å². The molecule has 1 aliphatic heterocycles. The molecule has 2 amide bonds. The molecule has 0 bridgehead atoms. The van der Waals surface area contributed by atoms with Crippen molar-refractivity contribution in [1.29, 1.82) is 0 Å². The number of anilines is 2. The van der Waals surface area contributed by atoms with Crippen molar-refractivity contribution in [3.8, 4) is 0 Å². The van der Waals surface area contributed by atoms with Crippen LogP contribution in [0, 0.1) is 19.8 Å². The maximum Gasteiger partial charge on any atom is 0.250 e. The number of imidazole rings is 1. The Balaban J connectivity index is 1.93. The van der Waals surface area contributed by atoms with Gasteiger partial charge in [-0.3, -0.25) is 14.5 Å². The average molecular weight is 415 g/mol. The second kappa shape index (κ2) is 7.86. The van der Waals surface area contributed by atoms with Gasteiger partial charge in [0.15, 0.2) is 5.16 Å². The highest BCUT2D eigenvalue weighted by molar-refractivity contribution is 8.00. The Morgan fingerprint density at radius 2 is 1.86 bits per heavy atom. The third kappa shape index (κ3) is 3.92. The van der Waals surface area contributed by atoms with Crippen LogP contribution in [0.3, 0.4) is 0 Å². The Bertz CT molecular complexity index is 948. The van der Waals surface area contributed by atoms with E-state index in [1.165, 1.54) is 11.8 Å². The van der Waals surface area contributed by atoms with E-state index in [1.54, 1.807) is 18.7 Å². The van der Waals surface area contributed by atoms with E-state index in [0.717, 1.165) is 28.8 Å². The average Bonchev–Trinajstić information content (AvgIpc) is 2.89. The summed E-state index contributed by atoms with van der Waals surface area (Å²) in [6.45, 7) is 14.7. The molecule has 2 aromatic rings. The molecular weight excluding hydrogens is 384 g/mol. The minimum absolute atomic E-state index is 0.100. The molecule has 156 valence electrons. The molecule has 2 heterocycles. The molecule has 0 radical (unpaired) electrons. The first-order valence-electron chi connectivity index (χ1n) is 9.99. The molecule has 1 aliphatic rings. The first kappa shape index (κ1) is 21.4. The van der Waals surface area contributed by atoms with Crippen LogP contribution in [-0.4, -0.2) is 32.2 Å². The number of benzene rings is 1. The number of para-hydroxylation sites is 2. The summed E-state index contributed by atoms with van der Waals surface area (Å²) < 4.78 is 2.19. The zero-order valence-electron chi connectivity index (χ0n) is 18.2. The number of carbonyl (C=O) groups excluding carboxylic acids is 2. The van der Waals surface area contributed by atoms with Gasteiger partial charge in [-0.05, 0) is 52.7 Å². The van der Waals surface area contributed by atoms with Crippen molar-refractivity contribution in [2.45, 2.75) is 71.0 Å². The van der Waals surface area contributed by atoms with Gasteiger partial charge in [0.2, 0.25) is 11.8 Å². The third-order valence-corrected chi connectivity index (χ3v) is 6.41. The van der Waals surface area contributed by atoms with Crippen LogP contribution in [0.4, 0.5) is 11.4 Å². The van der Waals surface area contributed by atoms with Gasteiger partial charge in [-0.2, -0.15) is 0 Å². The number of fused-ring (bicyclic) bond motifs is 1. The van der Waals surface area contributed by atoms with Crippen LogP contribution in [0.2, 0.25) is 0 Å². The second-order valence-corrected chi connectivity index (χ2v) is 9.84. The van der Waals surface area contributed by atoms with Crippen molar-refractivity contribution >= 4 is 35.0 Å². The predicted molar refractivity (Wildman–Crippen MR) is 118 cm³/mol. The van der Waals surface area contributed by atoms with E-state index < -0.39 is 5.54 Å². The molecule has 6 nitrogen and oxygen atoms in total.